The maximum atomic E-state index is 11.6. The SMILES string of the molecule is CCOC(=O)C(CN)C1CCCCC1. The average molecular weight is 199 g/mol. The minimum atomic E-state index is -0.0955. The molecule has 0 spiro atoms. The predicted octanol–water partition coefficient (Wildman–Crippen LogP) is 1.70. The van der Waals surface area contributed by atoms with Crippen LogP contribution in [0.3, 0.4) is 0 Å². The lowest BCUT2D eigenvalue weighted by Crippen LogP contribution is -2.33. The van der Waals surface area contributed by atoms with E-state index in [0.717, 1.165) is 12.8 Å². The first-order chi connectivity index (χ1) is 6.79. The minimum Gasteiger partial charge on any atom is -0.466 e. The predicted molar refractivity (Wildman–Crippen MR) is 55.8 cm³/mol. The summed E-state index contributed by atoms with van der Waals surface area (Å²) in [5.74, 6) is 0.310. The molecule has 1 aliphatic carbocycles. The van der Waals surface area contributed by atoms with Crippen molar-refractivity contribution in [2.75, 3.05) is 13.2 Å². The molecule has 0 heterocycles. The third kappa shape index (κ3) is 2.98. The highest BCUT2D eigenvalue weighted by Crippen LogP contribution is 2.30. The van der Waals surface area contributed by atoms with Gasteiger partial charge in [-0.3, -0.25) is 4.79 Å². The number of hydrogen-bond acceptors (Lipinski definition) is 3. The second-order valence-corrected chi connectivity index (χ2v) is 3.99. The number of ether oxygens (including phenoxy) is 1. The first-order valence-electron chi connectivity index (χ1n) is 5.66. The molecule has 3 heteroatoms. The number of hydrogen-bond donors (Lipinski definition) is 1. The van der Waals surface area contributed by atoms with Crippen LogP contribution in [-0.4, -0.2) is 19.1 Å². The van der Waals surface area contributed by atoms with E-state index in [1.165, 1.54) is 19.3 Å². The summed E-state index contributed by atoms with van der Waals surface area (Å²) in [6.45, 7) is 2.73. The van der Waals surface area contributed by atoms with Crippen molar-refractivity contribution < 1.29 is 9.53 Å². The quantitative estimate of drug-likeness (QED) is 0.701. The fourth-order valence-corrected chi connectivity index (χ4v) is 2.27. The summed E-state index contributed by atoms with van der Waals surface area (Å²) in [6.07, 6.45) is 6.05. The average Bonchev–Trinajstić information content (AvgIpc) is 2.21. The molecule has 2 N–H and O–H groups in total. The molecule has 1 saturated carbocycles. The standard InChI is InChI=1S/C11H21NO2/c1-2-14-11(13)10(8-12)9-6-4-3-5-7-9/h9-10H,2-8,12H2,1H3. The van der Waals surface area contributed by atoms with E-state index >= 15 is 0 Å². The fourth-order valence-electron chi connectivity index (χ4n) is 2.27. The maximum absolute atomic E-state index is 11.6. The number of esters is 1. The molecule has 0 aromatic carbocycles. The van der Waals surface area contributed by atoms with E-state index in [-0.39, 0.29) is 11.9 Å². The van der Waals surface area contributed by atoms with Gasteiger partial charge in [-0.15, -0.1) is 0 Å². The Hall–Kier alpha value is -0.570. The van der Waals surface area contributed by atoms with Gasteiger partial charge in [0, 0.05) is 6.54 Å². The Morgan fingerprint density at radius 2 is 2.07 bits per heavy atom. The monoisotopic (exact) mass is 199 g/mol. The Bertz CT molecular complexity index is 176. The highest BCUT2D eigenvalue weighted by molar-refractivity contribution is 5.73. The van der Waals surface area contributed by atoms with Gasteiger partial charge in [-0.1, -0.05) is 19.3 Å². The van der Waals surface area contributed by atoms with E-state index in [1.807, 2.05) is 6.92 Å². The first-order valence-corrected chi connectivity index (χ1v) is 5.66. The van der Waals surface area contributed by atoms with E-state index in [9.17, 15) is 4.79 Å². The van der Waals surface area contributed by atoms with E-state index in [1.54, 1.807) is 0 Å². The third-order valence-corrected chi connectivity index (χ3v) is 3.06. The van der Waals surface area contributed by atoms with Crippen LogP contribution in [0.2, 0.25) is 0 Å². The Balaban J connectivity index is 2.46. The van der Waals surface area contributed by atoms with Gasteiger partial charge in [-0.2, -0.15) is 0 Å². The van der Waals surface area contributed by atoms with Crippen LogP contribution in [0.1, 0.15) is 39.0 Å². The van der Waals surface area contributed by atoms with Gasteiger partial charge in [-0.25, -0.2) is 0 Å². The van der Waals surface area contributed by atoms with E-state index in [4.69, 9.17) is 10.5 Å². The number of carbonyl (C=O) groups excluding carboxylic acids is 1. The van der Waals surface area contributed by atoms with Crippen molar-refractivity contribution in [1.29, 1.82) is 0 Å². The minimum absolute atomic E-state index is 0.0600. The summed E-state index contributed by atoms with van der Waals surface area (Å²) in [4.78, 5) is 11.6. The fraction of sp³-hybridized carbons (Fsp3) is 0.909. The van der Waals surface area contributed by atoms with E-state index in [2.05, 4.69) is 0 Å². The van der Waals surface area contributed by atoms with Crippen LogP contribution in [0.15, 0.2) is 0 Å². The molecular weight excluding hydrogens is 178 g/mol. The van der Waals surface area contributed by atoms with Crippen LogP contribution >= 0.6 is 0 Å². The van der Waals surface area contributed by atoms with Gasteiger partial charge in [0.05, 0.1) is 12.5 Å². The molecule has 0 aromatic heterocycles. The zero-order chi connectivity index (χ0) is 10.4. The van der Waals surface area contributed by atoms with Crippen LogP contribution in [0.4, 0.5) is 0 Å². The molecule has 1 rings (SSSR count). The highest BCUT2D eigenvalue weighted by Gasteiger charge is 2.29. The Labute approximate surface area is 86.0 Å². The lowest BCUT2D eigenvalue weighted by atomic mass is 9.80. The number of carbonyl (C=O) groups is 1. The second kappa shape index (κ2) is 6.02. The molecule has 82 valence electrons. The van der Waals surface area contributed by atoms with Crippen molar-refractivity contribution in [3.05, 3.63) is 0 Å². The molecule has 0 saturated heterocycles. The van der Waals surface area contributed by atoms with Crippen LogP contribution in [0, 0.1) is 11.8 Å². The second-order valence-electron chi connectivity index (χ2n) is 3.99. The van der Waals surface area contributed by atoms with Crippen LogP contribution < -0.4 is 5.73 Å². The van der Waals surface area contributed by atoms with Gasteiger partial charge in [0.25, 0.3) is 0 Å². The van der Waals surface area contributed by atoms with Gasteiger partial charge >= 0.3 is 5.97 Å². The van der Waals surface area contributed by atoms with Crippen molar-refractivity contribution in [1.82, 2.24) is 0 Å². The molecule has 14 heavy (non-hydrogen) atoms. The van der Waals surface area contributed by atoms with E-state index < -0.39 is 0 Å². The maximum Gasteiger partial charge on any atom is 0.310 e. The summed E-state index contributed by atoms with van der Waals surface area (Å²) >= 11 is 0. The van der Waals surface area contributed by atoms with Crippen LogP contribution in [0.25, 0.3) is 0 Å². The van der Waals surface area contributed by atoms with Gasteiger partial charge < -0.3 is 10.5 Å². The van der Waals surface area contributed by atoms with E-state index in [0.29, 0.717) is 19.1 Å². The first kappa shape index (κ1) is 11.5. The van der Waals surface area contributed by atoms with Crippen molar-refractivity contribution in [3.8, 4) is 0 Å². The topological polar surface area (TPSA) is 52.3 Å². The molecule has 0 radical (unpaired) electrons. The molecule has 0 bridgehead atoms. The summed E-state index contributed by atoms with van der Waals surface area (Å²) in [5, 5.41) is 0. The van der Waals surface area contributed by atoms with Gasteiger partial charge in [0.2, 0.25) is 0 Å². The smallest absolute Gasteiger partial charge is 0.310 e. The normalized spacial score (nSPS) is 20.4. The van der Waals surface area contributed by atoms with Crippen molar-refractivity contribution in [2.45, 2.75) is 39.0 Å². The molecule has 0 aliphatic heterocycles. The number of nitrogens with two attached hydrogens (primary N) is 1. The summed E-state index contributed by atoms with van der Waals surface area (Å²) in [7, 11) is 0. The molecule has 0 aromatic rings. The third-order valence-electron chi connectivity index (χ3n) is 3.06. The summed E-state index contributed by atoms with van der Waals surface area (Å²) < 4.78 is 5.03. The van der Waals surface area contributed by atoms with Crippen LogP contribution in [0.5, 0.6) is 0 Å². The van der Waals surface area contributed by atoms with Crippen molar-refractivity contribution >= 4 is 5.97 Å². The van der Waals surface area contributed by atoms with Crippen molar-refractivity contribution in [2.24, 2.45) is 17.6 Å². The Morgan fingerprint density at radius 3 is 2.57 bits per heavy atom. The zero-order valence-electron chi connectivity index (χ0n) is 9.00. The lowest BCUT2D eigenvalue weighted by molar-refractivity contribution is -0.150. The zero-order valence-corrected chi connectivity index (χ0v) is 9.00. The molecule has 0 amide bonds. The molecule has 1 unspecified atom stereocenters. The molecule has 1 atom stereocenters. The molecule has 1 fully saturated rings. The Kier molecular flexibility index (Phi) is 4.94. The molecular formula is C11H21NO2. The Morgan fingerprint density at radius 1 is 1.43 bits per heavy atom. The van der Waals surface area contributed by atoms with Crippen LogP contribution in [-0.2, 0) is 9.53 Å². The molecule has 1 aliphatic rings. The molecule has 3 nitrogen and oxygen atoms in total. The highest BCUT2D eigenvalue weighted by atomic mass is 16.5. The lowest BCUT2D eigenvalue weighted by Gasteiger charge is -2.27. The number of rotatable bonds is 4. The summed E-state index contributed by atoms with van der Waals surface area (Å²) in [6, 6.07) is 0. The van der Waals surface area contributed by atoms with Gasteiger partial charge in [-0.05, 0) is 25.7 Å². The van der Waals surface area contributed by atoms with Crippen molar-refractivity contribution in [3.63, 3.8) is 0 Å². The summed E-state index contributed by atoms with van der Waals surface area (Å²) in [5.41, 5.74) is 5.63. The van der Waals surface area contributed by atoms with Gasteiger partial charge in [0.15, 0.2) is 0 Å². The largest absolute Gasteiger partial charge is 0.466 e. The van der Waals surface area contributed by atoms with Gasteiger partial charge in [0.1, 0.15) is 0 Å².